The van der Waals surface area contributed by atoms with E-state index in [1.165, 1.54) is 22.8 Å². The Morgan fingerprint density at radius 3 is 2.38 bits per heavy atom. The number of ketones is 1. The number of H-pyrrole nitrogens is 1. The minimum absolute atomic E-state index is 0.0314. The highest BCUT2D eigenvalue weighted by Gasteiger charge is 2.18. The third-order valence-electron chi connectivity index (χ3n) is 6.17. The summed E-state index contributed by atoms with van der Waals surface area (Å²) in [5.74, 6) is -0.484. The Morgan fingerprint density at radius 1 is 1.05 bits per heavy atom. The topological polar surface area (TPSA) is 135 Å². The summed E-state index contributed by atoms with van der Waals surface area (Å²) in [6.07, 6.45) is 2.27. The Labute approximate surface area is 241 Å². The molecule has 0 aliphatic heterocycles. The zero-order valence-electron chi connectivity index (χ0n) is 23.3. The van der Waals surface area contributed by atoms with Gasteiger partial charge in [0.05, 0.1) is 29.2 Å². The Hall–Kier alpha value is -4.81. The minimum atomic E-state index is -3.67. The van der Waals surface area contributed by atoms with Gasteiger partial charge in [0.25, 0.3) is 15.7 Å². The third-order valence-corrected chi connectivity index (χ3v) is 6.17. The lowest BCUT2D eigenvalue weighted by Gasteiger charge is -2.18. The molecule has 2 heterocycles. The van der Waals surface area contributed by atoms with Crippen LogP contribution in [-0.4, -0.2) is 53.9 Å². The van der Waals surface area contributed by atoms with Crippen molar-refractivity contribution >= 4 is 32.5 Å². The second kappa shape index (κ2) is 12.4. The quantitative estimate of drug-likeness (QED) is 0.200. The summed E-state index contributed by atoms with van der Waals surface area (Å²) < 4.78 is 48.4. The van der Waals surface area contributed by atoms with E-state index in [0.29, 0.717) is 29.0 Å². The van der Waals surface area contributed by atoms with Crippen LogP contribution in [0.4, 0.5) is 10.1 Å². The van der Waals surface area contributed by atoms with Crippen LogP contribution in [0.15, 0.2) is 83.8 Å². The molecule has 0 unspecified atom stereocenters. The second-order valence-electron chi connectivity index (χ2n) is 9.74. The van der Waals surface area contributed by atoms with Crippen molar-refractivity contribution in [2.75, 3.05) is 25.3 Å². The van der Waals surface area contributed by atoms with Crippen molar-refractivity contribution in [3.63, 3.8) is 0 Å². The molecule has 5 aromatic rings. The van der Waals surface area contributed by atoms with Crippen LogP contribution in [0.25, 0.3) is 16.6 Å². The summed E-state index contributed by atoms with van der Waals surface area (Å²) in [5, 5.41) is 7.79. The number of hydrogen-bond donors (Lipinski definition) is 2. The highest BCUT2D eigenvalue weighted by molar-refractivity contribution is 7.85. The smallest absolute Gasteiger partial charge is 0.266 e. The van der Waals surface area contributed by atoms with E-state index < -0.39 is 21.5 Å². The average molecular weight is 593 g/mol. The molecule has 0 aliphatic carbocycles. The zero-order valence-corrected chi connectivity index (χ0v) is 24.1. The molecule has 12 heteroatoms. The maximum atomic E-state index is 15.1. The molecule has 2 N–H and O–H groups in total. The SMILES string of the molecule is CS(=O)(=O)O.Cc1ccc(C(=O)Cc2ccc(Oc3cc4cn[nH]c4cc3N(C)C)c(F)c2)c(=O)n1-c1ccccc1. The molecular weight excluding hydrogens is 563 g/mol. The number of pyridine rings is 1. The number of nitrogens with zero attached hydrogens (tertiary/aromatic N) is 3. The van der Waals surface area contributed by atoms with Gasteiger partial charge in [-0.2, -0.15) is 13.5 Å². The van der Waals surface area contributed by atoms with Crippen molar-refractivity contribution < 1.29 is 26.9 Å². The van der Waals surface area contributed by atoms with Crippen LogP contribution in [0, 0.1) is 12.7 Å². The van der Waals surface area contributed by atoms with Crippen LogP contribution in [0.1, 0.15) is 21.6 Å². The molecule has 0 spiro atoms. The molecule has 0 saturated heterocycles. The molecule has 2 aromatic heterocycles. The summed E-state index contributed by atoms with van der Waals surface area (Å²) in [6.45, 7) is 1.81. The number of hydrogen-bond acceptors (Lipinski definition) is 7. The van der Waals surface area contributed by atoms with Gasteiger partial charge in [0, 0.05) is 37.3 Å². The lowest BCUT2D eigenvalue weighted by atomic mass is 10.0. The Kier molecular flexibility index (Phi) is 8.88. The van der Waals surface area contributed by atoms with E-state index in [1.54, 1.807) is 24.4 Å². The number of anilines is 1. The van der Waals surface area contributed by atoms with E-state index >= 15 is 4.39 Å². The molecule has 0 fully saturated rings. The fourth-order valence-corrected chi connectivity index (χ4v) is 4.27. The van der Waals surface area contributed by atoms with Crippen molar-refractivity contribution in [1.29, 1.82) is 0 Å². The molecule has 42 heavy (non-hydrogen) atoms. The molecule has 0 saturated carbocycles. The zero-order chi connectivity index (χ0) is 30.6. The molecule has 0 aliphatic rings. The fourth-order valence-electron chi connectivity index (χ4n) is 4.27. The third kappa shape index (κ3) is 7.28. The number of aryl methyl sites for hydroxylation is 1. The molecule has 0 radical (unpaired) electrons. The number of nitrogens with one attached hydrogen (secondary N) is 1. The first kappa shape index (κ1) is 30.2. The largest absolute Gasteiger partial charge is 0.452 e. The molecule has 0 amide bonds. The number of halogens is 1. The maximum absolute atomic E-state index is 15.1. The standard InChI is InChI=1S/C29H25FN4O3.CH4O3S/c1-18-9-11-22(29(36)34(18)21-7-5-4-6-8-21)26(35)14-19-10-12-27(23(30)13-19)37-28-15-20-17-31-32-24(20)16-25(28)33(2)3;1-5(2,3)4/h4-13,15-17H,14H2,1-3H3,(H,31,32);1H3,(H,2,3,4). The number of aromatic nitrogens is 3. The minimum Gasteiger partial charge on any atom is -0.452 e. The highest BCUT2D eigenvalue weighted by Crippen LogP contribution is 2.36. The van der Waals surface area contributed by atoms with Gasteiger partial charge in [0.1, 0.15) is 0 Å². The highest BCUT2D eigenvalue weighted by atomic mass is 32.2. The number of rotatable bonds is 7. The van der Waals surface area contributed by atoms with E-state index in [9.17, 15) is 18.0 Å². The summed E-state index contributed by atoms with van der Waals surface area (Å²) in [7, 11) is 0.0681. The van der Waals surface area contributed by atoms with Crippen LogP contribution in [0.3, 0.4) is 0 Å². The van der Waals surface area contributed by atoms with Gasteiger partial charge in [-0.15, -0.1) is 0 Å². The monoisotopic (exact) mass is 592 g/mol. The van der Waals surface area contributed by atoms with Crippen molar-refractivity contribution in [3.05, 3.63) is 112 Å². The van der Waals surface area contributed by atoms with Gasteiger partial charge in [-0.3, -0.25) is 23.8 Å². The summed E-state index contributed by atoms with van der Waals surface area (Å²) in [5.41, 5.74) is 3.09. The molecule has 0 bridgehead atoms. The first-order valence-corrected chi connectivity index (χ1v) is 14.5. The van der Waals surface area contributed by atoms with Gasteiger partial charge in [-0.05, 0) is 61.0 Å². The van der Waals surface area contributed by atoms with Gasteiger partial charge >= 0.3 is 0 Å². The van der Waals surface area contributed by atoms with Gasteiger partial charge in [-0.25, -0.2) is 4.39 Å². The van der Waals surface area contributed by atoms with E-state index in [-0.39, 0.29) is 23.5 Å². The van der Waals surface area contributed by atoms with E-state index in [0.717, 1.165) is 16.6 Å². The summed E-state index contributed by atoms with van der Waals surface area (Å²) in [4.78, 5) is 28.1. The van der Waals surface area contributed by atoms with Gasteiger partial charge in [-0.1, -0.05) is 24.3 Å². The van der Waals surface area contributed by atoms with Crippen LogP contribution < -0.4 is 15.2 Å². The number of Topliss-reactive ketones (excluding diaryl/α,β-unsaturated/α-hetero) is 1. The number of aromatic amines is 1. The van der Waals surface area contributed by atoms with Crippen LogP contribution in [0.5, 0.6) is 11.5 Å². The second-order valence-corrected chi connectivity index (χ2v) is 11.2. The summed E-state index contributed by atoms with van der Waals surface area (Å²) >= 11 is 0. The van der Waals surface area contributed by atoms with Crippen molar-refractivity contribution in [2.45, 2.75) is 13.3 Å². The van der Waals surface area contributed by atoms with E-state index in [1.807, 2.05) is 62.3 Å². The number of carbonyl (C=O) groups excluding carboxylic acids is 1. The normalized spacial score (nSPS) is 11.1. The number of benzene rings is 3. The van der Waals surface area contributed by atoms with Crippen molar-refractivity contribution in [1.82, 2.24) is 14.8 Å². The molecule has 218 valence electrons. The van der Waals surface area contributed by atoms with Crippen LogP contribution >= 0.6 is 0 Å². The number of para-hydroxylation sites is 1. The molecule has 0 atom stereocenters. The van der Waals surface area contributed by atoms with Crippen molar-refractivity contribution in [3.8, 4) is 17.2 Å². The predicted molar refractivity (Wildman–Crippen MR) is 159 cm³/mol. The van der Waals surface area contributed by atoms with Gasteiger partial charge in [0.2, 0.25) is 0 Å². The van der Waals surface area contributed by atoms with Crippen molar-refractivity contribution in [2.24, 2.45) is 0 Å². The number of ether oxygens (including phenoxy) is 1. The summed E-state index contributed by atoms with van der Waals surface area (Å²) in [6, 6.07) is 20.5. The lowest BCUT2D eigenvalue weighted by molar-refractivity contribution is 0.0991. The number of carbonyl (C=O) groups is 1. The fraction of sp³-hybridized carbons (Fsp3) is 0.167. The maximum Gasteiger partial charge on any atom is 0.266 e. The first-order chi connectivity index (χ1) is 19.8. The molecule has 10 nitrogen and oxygen atoms in total. The Balaban J connectivity index is 0.000000748. The predicted octanol–water partition coefficient (Wildman–Crippen LogP) is 4.95. The Bertz CT molecular complexity index is 1910. The van der Waals surface area contributed by atoms with Gasteiger partial charge in [0.15, 0.2) is 23.1 Å². The van der Waals surface area contributed by atoms with Crippen LogP contribution in [-0.2, 0) is 16.5 Å². The molecular formula is C30H29FN4O6S. The van der Waals surface area contributed by atoms with E-state index in [4.69, 9.17) is 9.29 Å². The van der Waals surface area contributed by atoms with Gasteiger partial charge < -0.3 is 9.64 Å². The Morgan fingerprint density at radius 2 is 1.74 bits per heavy atom. The van der Waals surface area contributed by atoms with Crippen LogP contribution in [0.2, 0.25) is 0 Å². The number of fused-ring (bicyclic) bond motifs is 1. The lowest BCUT2D eigenvalue weighted by Crippen LogP contribution is -2.27. The average Bonchev–Trinajstić information content (AvgIpc) is 3.37. The first-order valence-electron chi connectivity index (χ1n) is 12.7. The molecule has 5 rings (SSSR count). The van der Waals surface area contributed by atoms with E-state index in [2.05, 4.69) is 10.2 Å². The molecule has 3 aromatic carbocycles.